The van der Waals surface area contributed by atoms with Crippen LogP contribution in [0, 0.1) is 20.2 Å². The van der Waals surface area contributed by atoms with E-state index in [2.05, 4.69) is 0 Å². The predicted molar refractivity (Wildman–Crippen MR) is 93.8 cm³/mol. The van der Waals surface area contributed by atoms with Gasteiger partial charge >= 0.3 is 29.6 Å². The number of nitro benzene ring substituents is 2. The largest absolute Gasteiger partial charge is 1.00 e. The summed E-state index contributed by atoms with van der Waals surface area (Å²) >= 11 is 0. The zero-order chi connectivity index (χ0) is 24.5. The van der Waals surface area contributed by atoms with Crippen molar-refractivity contribution in [1.82, 2.24) is 0 Å². The van der Waals surface area contributed by atoms with Crippen molar-refractivity contribution in [3.8, 4) is 11.5 Å². The molecule has 0 heterocycles. The van der Waals surface area contributed by atoms with Crippen LogP contribution < -0.4 is 34.7 Å². The molecular weight excluding hydrogens is 507 g/mol. The van der Waals surface area contributed by atoms with Crippen LogP contribution in [0.2, 0.25) is 0 Å². The number of hydrogen-bond donors (Lipinski definition) is 3. The normalized spacial score (nSPS) is 13.0. The Morgan fingerprint density at radius 1 is 0.727 bits per heavy atom. The average Bonchev–Trinajstić information content (AvgIpc) is 2.62. The third kappa shape index (κ3) is 3.97. The first-order valence-corrected chi connectivity index (χ1v) is 10.5. The van der Waals surface area contributed by atoms with E-state index >= 15 is 0 Å². The fourth-order valence-electron chi connectivity index (χ4n) is 3.08. The van der Waals surface area contributed by atoms with Gasteiger partial charge in [0.25, 0.3) is 31.6 Å². The molecule has 0 unspecified atom stereocenters. The van der Waals surface area contributed by atoms with Crippen molar-refractivity contribution < 1.29 is 85.1 Å². The van der Waals surface area contributed by atoms with E-state index < -0.39 is 96.6 Å². The number of fused-ring (bicyclic) bond motifs is 2. The Bertz CT molecular complexity index is 1420. The summed E-state index contributed by atoms with van der Waals surface area (Å²) in [7, 11) is -10.9. The number of nitrogens with zero attached hydrogens (tertiary/aromatic N) is 2. The predicted octanol–water partition coefficient (Wildman–Crippen LogP) is -3.44. The summed E-state index contributed by atoms with van der Waals surface area (Å²) < 4.78 is 64.1. The number of phenols is 1. The molecule has 19 heteroatoms. The minimum absolute atomic E-state index is 0. The third-order valence-electron chi connectivity index (χ3n) is 4.33. The molecular formula is C14H5N2NaO14S2. The van der Waals surface area contributed by atoms with Gasteiger partial charge in [-0.1, -0.05) is 5.75 Å². The molecule has 0 amide bonds. The van der Waals surface area contributed by atoms with Gasteiger partial charge in [0.2, 0.25) is 5.78 Å². The van der Waals surface area contributed by atoms with Crippen LogP contribution in [0.5, 0.6) is 11.5 Å². The molecule has 0 saturated carbocycles. The molecule has 0 aromatic heterocycles. The first kappa shape index (κ1) is 26.3. The minimum atomic E-state index is -5.49. The molecule has 0 bridgehead atoms. The summed E-state index contributed by atoms with van der Waals surface area (Å²) in [6, 6.07) is -0.0267. The maximum absolute atomic E-state index is 12.9. The second-order valence-electron chi connectivity index (χ2n) is 6.09. The molecule has 0 aliphatic heterocycles. The van der Waals surface area contributed by atoms with Crippen LogP contribution in [0.15, 0.2) is 21.9 Å². The van der Waals surface area contributed by atoms with E-state index in [-0.39, 0.29) is 41.7 Å². The molecule has 0 spiro atoms. The van der Waals surface area contributed by atoms with Crippen molar-refractivity contribution in [2.75, 3.05) is 0 Å². The molecule has 16 nitrogen and oxygen atoms in total. The zero-order valence-corrected chi connectivity index (χ0v) is 19.3. The standard InChI is InChI=1S/C14H6N2O14S2.Na/c17-11-5(31(25,26)27)1-3(15(21)22)7-9(11)14(20)10-8(13(7)19)4(16(23)24)2-6(12(10)18)32(28,29)30;/h1-2,17-18H,(H,25,26,27)(H,28,29,30);/q;+1/p-1. The van der Waals surface area contributed by atoms with Crippen LogP contribution in [-0.4, -0.2) is 52.5 Å². The van der Waals surface area contributed by atoms with Crippen LogP contribution in [-0.2, 0) is 20.2 Å². The Morgan fingerprint density at radius 3 is 1.48 bits per heavy atom. The van der Waals surface area contributed by atoms with E-state index in [9.17, 15) is 61.4 Å². The maximum atomic E-state index is 12.9. The summed E-state index contributed by atoms with van der Waals surface area (Å²) in [5.41, 5.74) is -8.77. The van der Waals surface area contributed by atoms with E-state index in [0.717, 1.165) is 0 Å². The van der Waals surface area contributed by atoms with Crippen molar-refractivity contribution in [3.63, 3.8) is 0 Å². The van der Waals surface area contributed by atoms with E-state index in [1.54, 1.807) is 0 Å². The Morgan fingerprint density at radius 2 is 1.09 bits per heavy atom. The molecule has 168 valence electrons. The first-order chi connectivity index (χ1) is 14.5. The average molecular weight is 512 g/mol. The molecule has 33 heavy (non-hydrogen) atoms. The number of benzene rings is 2. The third-order valence-corrected chi connectivity index (χ3v) is 6.05. The van der Waals surface area contributed by atoms with Gasteiger partial charge in [-0.2, -0.15) is 16.8 Å². The van der Waals surface area contributed by atoms with Gasteiger partial charge in [0, 0.05) is 17.7 Å². The van der Waals surface area contributed by atoms with Crippen molar-refractivity contribution in [2.24, 2.45) is 0 Å². The molecule has 0 fully saturated rings. The minimum Gasteiger partial charge on any atom is -0.871 e. The molecule has 0 radical (unpaired) electrons. The van der Waals surface area contributed by atoms with Crippen molar-refractivity contribution in [3.05, 3.63) is 54.6 Å². The molecule has 1 aliphatic carbocycles. The summed E-state index contributed by atoms with van der Waals surface area (Å²) in [5.74, 6) is -7.32. The number of rotatable bonds is 4. The van der Waals surface area contributed by atoms with Gasteiger partial charge in [-0.3, -0.25) is 38.9 Å². The smallest absolute Gasteiger partial charge is 0.871 e. The van der Waals surface area contributed by atoms with Crippen LogP contribution in [0.25, 0.3) is 0 Å². The number of hydrogen-bond acceptors (Lipinski definition) is 12. The van der Waals surface area contributed by atoms with Gasteiger partial charge in [0.05, 0.1) is 20.3 Å². The number of carbonyl (C=O) groups is 2. The van der Waals surface area contributed by atoms with Crippen molar-refractivity contribution in [1.29, 1.82) is 0 Å². The number of nitro groups is 2. The zero-order valence-electron chi connectivity index (χ0n) is 15.7. The molecule has 3 N–H and O–H groups in total. The van der Waals surface area contributed by atoms with Crippen LogP contribution in [0.1, 0.15) is 31.8 Å². The van der Waals surface area contributed by atoms with Gasteiger partial charge in [-0.05, 0) is 0 Å². The van der Waals surface area contributed by atoms with E-state index in [4.69, 9.17) is 4.55 Å². The van der Waals surface area contributed by atoms with Crippen LogP contribution in [0.4, 0.5) is 11.4 Å². The van der Waals surface area contributed by atoms with Gasteiger partial charge in [0.1, 0.15) is 21.8 Å². The van der Waals surface area contributed by atoms with Gasteiger partial charge < -0.3 is 10.2 Å². The SMILES string of the molecule is O=C1c2c([N+](=O)[O-])cc(S(=O)(=O)O)c([O-])c2C(=O)c2c(O)c(S(=O)(=O)O)cc([N+](=O)[O-])c21.[Na+]. The molecule has 3 rings (SSSR count). The number of ketones is 2. The Kier molecular flexibility index (Phi) is 6.44. The van der Waals surface area contributed by atoms with Crippen molar-refractivity contribution in [2.45, 2.75) is 9.79 Å². The number of carbonyl (C=O) groups excluding carboxylic acids is 2. The van der Waals surface area contributed by atoms with E-state index in [0.29, 0.717) is 0 Å². The van der Waals surface area contributed by atoms with Crippen molar-refractivity contribution >= 4 is 43.2 Å². The Balaban J connectivity index is 0.00000385. The van der Waals surface area contributed by atoms with Crippen LogP contribution in [0.3, 0.4) is 0 Å². The first-order valence-electron chi connectivity index (χ1n) is 7.61. The van der Waals surface area contributed by atoms with Gasteiger partial charge in [0.15, 0.2) is 5.78 Å². The van der Waals surface area contributed by atoms with E-state index in [1.165, 1.54) is 0 Å². The summed E-state index contributed by atoms with van der Waals surface area (Å²) in [6.45, 7) is 0. The van der Waals surface area contributed by atoms with Crippen LogP contribution >= 0.6 is 0 Å². The summed E-state index contributed by atoms with van der Waals surface area (Å²) in [6.07, 6.45) is 0. The maximum Gasteiger partial charge on any atom is 1.00 e. The summed E-state index contributed by atoms with van der Waals surface area (Å²) in [5, 5.41) is 45.4. The second kappa shape index (κ2) is 8.09. The Hall–Kier alpha value is -3.00. The number of aromatic hydroxyl groups is 1. The fraction of sp³-hybridized carbons (Fsp3) is 0. The Labute approximate surface area is 203 Å². The monoisotopic (exact) mass is 512 g/mol. The summed E-state index contributed by atoms with van der Waals surface area (Å²) in [4.78, 5) is 42.4. The van der Waals surface area contributed by atoms with Gasteiger partial charge in [-0.15, -0.1) is 0 Å². The second-order valence-corrected chi connectivity index (χ2v) is 8.87. The fourth-order valence-corrected chi connectivity index (χ4v) is 4.29. The molecule has 0 saturated heterocycles. The molecule has 0 atom stereocenters. The quantitative estimate of drug-likeness (QED) is 0.133. The molecule has 1 aliphatic rings. The molecule has 2 aromatic rings. The molecule has 2 aromatic carbocycles. The topological polar surface area (TPSA) is 272 Å². The van der Waals surface area contributed by atoms with Gasteiger partial charge in [-0.25, -0.2) is 0 Å². The number of phenolic OH excluding ortho intramolecular Hbond substituents is 1. The van der Waals surface area contributed by atoms with E-state index in [1.807, 2.05) is 0 Å².